The van der Waals surface area contributed by atoms with E-state index >= 15 is 0 Å². The van der Waals surface area contributed by atoms with Gasteiger partial charge in [-0.3, -0.25) is 10.2 Å². The summed E-state index contributed by atoms with van der Waals surface area (Å²) in [5.41, 5.74) is 8.77. The lowest BCUT2D eigenvalue weighted by atomic mass is 10.1. The zero-order valence-corrected chi connectivity index (χ0v) is 20.1. The van der Waals surface area contributed by atoms with Crippen LogP contribution in [-0.2, 0) is 10.0 Å². The lowest BCUT2D eigenvalue weighted by Crippen LogP contribution is -2.17. The summed E-state index contributed by atoms with van der Waals surface area (Å²) in [5.74, 6) is -0.534. The molecule has 4 aromatic rings. The zero-order chi connectivity index (χ0) is 25.3. The molecule has 3 aromatic carbocycles. The van der Waals surface area contributed by atoms with E-state index in [9.17, 15) is 13.2 Å². The van der Waals surface area contributed by atoms with Gasteiger partial charge in [-0.05, 0) is 43.3 Å². The molecule has 11 heteroatoms. The highest BCUT2D eigenvalue weighted by Gasteiger charge is 2.19. The van der Waals surface area contributed by atoms with Crippen molar-refractivity contribution in [1.29, 1.82) is 5.41 Å². The van der Waals surface area contributed by atoms with E-state index in [1.165, 1.54) is 16.8 Å². The Morgan fingerprint density at radius 2 is 1.77 bits per heavy atom. The number of hydrogen-bond acceptors (Lipinski definition) is 5. The number of rotatable bonds is 6. The van der Waals surface area contributed by atoms with Gasteiger partial charge in [0.25, 0.3) is 5.91 Å². The maximum Gasteiger partial charge on any atom is 0.274 e. The van der Waals surface area contributed by atoms with Gasteiger partial charge >= 0.3 is 0 Å². The van der Waals surface area contributed by atoms with E-state index < -0.39 is 15.9 Å². The third-order valence-corrected chi connectivity index (χ3v) is 6.46. The van der Waals surface area contributed by atoms with Crippen LogP contribution < -0.4 is 16.2 Å². The molecular weight excluding hydrogens is 488 g/mol. The van der Waals surface area contributed by atoms with E-state index in [1.807, 2.05) is 0 Å². The zero-order valence-electron chi connectivity index (χ0n) is 18.5. The van der Waals surface area contributed by atoms with Crippen LogP contribution in [0.25, 0.3) is 16.8 Å². The number of carbonyl (C=O) groups is 1. The molecule has 0 fully saturated rings. The van der Waals surface area contributed by atoms with Crippen LogP contribution in [0.2, 0.25) is 5.02 Å². The molecule has 0 aliphatic carbocycles. The summed E-state index contributed by atoms with van der Waals surface area (Å²) in [5, 5.41) is 20.4. The summed E-state index contributed by atoms with van der Waals surface area (Å²) < 4.78 is 25.4. The monoisotopic (exact) mass is 508 g/mol. The van der Waals surface area contributed by atoms with Crippen LogP contribution in [0.4, 0.5) is 5.69 Å². The van der Waals surface area contributed by atoms with Crippen molar-refractivity contribution in [2.75, 3.05) is 5.32 Å². The first-order chi connectivity index (χ1) is 16.5. The third kappa shape index (κ3) is 5.09. The molecule has 0 saturated heterocycles. The van der Waals surface area contributed by atoms with Crippen molar-refractivity contribution in [2.45, 2.75) is 11.8 Å². The van der Waals surface area contributed by atoms with E-state index in [0.717, 1.165) is 0 Å². The van der Waals surface area contributed by atoms with Crippen molar-refractivity contribution in [3.8, 4) is 16.8 Å². The Balaban J connectivity index is 1.65. The lowest BCUT2D eigenvalue weighted by molar-refractivity contribution is 0.101. The summed E-state index contributed by atoms with van der Waals surface area (Å²) in [6.45, 7) is 1.76. The fraction of sp³-hybridized carbons (Fsp3) is 0.0417. The van der Waals surface area contributed by atoms with Gasteiger partial charge in [-0.25, -0.2) is 18.2 Å². The number of primary sulfonamides is 1. The number of nitrogens with two attached hydrogens (primary N) is 2. The quantitative estimate of drug-likeness (QED) is 0.231. The molecule has 1 aromatic heterocycles. The minimum atomic E-state index is -3.96. The van der Waals surface area contributed by atoms with Gasteiger partial charge < -0.3 is 11.1 Å². The third-order valence-electron chi connectivity index (χ3n) is 5.18. The first-order valence-electron chi connectivity index (χ1n) is 10.3. The molecule has 4 rings (SSSR count). The molecule has 0 saturated carbocycles. The molecule has 0 atom stereocenters. The number of amides is 1. The largest absolute Gasteiger partial charge is 0.384 e. The molecule has 178 valence electrons. The van der Waals surface area contributed by atoms with Crippen LogP contribution in [0, 0.1) is 12.3 Å². The highest BCUT2D eigenvalue weighted by Crippen LogP contribution is 2.34. The predicted octanol–water partition coefficient (Wildman–Crippen LogP) is 3.68. The van der Waals surface area contributed by atoms with Crippen molar-refractivity contribution in [3.63, 3.8) is 0 Å². The van der Waals surface area contributed by atoms with Gasteiger partial charge in [0, 0.05) is 22.4 Å². The molecule has 0 aliphatic heterocycles. The smallest absolute Gasteiger partial charge is 0.274 e. The van der Waals surface area contributed by atoms with Crippen molar-refractivity contribution in [1.82, 2.24) is 9.78 Å². The number of carbonyl (C=O) groups excluding carboxylic acids is 1. The average molecular weight is 509 g/mol. The Morgan fingerprint density at radius 3 is 2.46 bits per heavy atom. The van der Waals surface area contributed by atoms with Crippen LogP contribution in [0.1, 0.15) is 21.7 Å². The van der Waals surface area contributed by atoms with Gasteiger partial charge in [0.2, 0.25) is 10.0 Å². The molecule has 35 heavy (non-hydrogen) atoms. The number of aromatic nitrogens is 2. The topological polar surface area (TPSA) is 157 Å². The summed E-state index contributed by atoms with van der Waals surface area (Å²) in [4.78, 5) is 13.1. The van der Waals surface area contributed by atoms with E-state index in [4.69, 9.17) is 27.9 Å². The number of nitrogens with one attached hydrogen (secondary N) is 2. The van der Waals surface area contributed by atoms with E-state index in [1.54, 1.807) is 67.6 Å². The molecule has 9 nitrogen and oxygen atoms in total. The van der Waals surface area contributed by atoms with Crippen molar-refractivity contribution >= 4 is 39.1 Å². The van der Waals surface area contributed by atoms with Crippen molar-refractivity contribution < 1.29 is 13.2 Å². The predicted molar refractivity (Wildman–Crippen MR) is 136 cm³/mol. The van der Waals surface area contributed by atoms with Gasteiger partial charge in [0.1, 0.15) is 11.5 Å². The van der Waals surface area contributed by atoms with Crippen molar-refractivity contribution in [3.05, 3.63) is 94.8 Å². The van der Waals surface area contributed by atoms with Gasteiger partial charge in [-0.2, -0.15) is 5.10 Å². The maximum atomic E-state index is 13.1. The van der Waals surface area contributed by atoms with Crippen LogP contribution in [0.3, 0.4) is 0 Å². The van der Waals surface area contributed by atoms with Crippen LogP contribution in [0.15, 0.2) is 77.7 Å². The number of hydrogen-bond donors (Lipinski definition) is 4. The fourth-order valence-electron chi connectivity index (χ4n) is 3.61. The standard InChI is InChI=1S/C24H21ClN6O3S/c1-14-11-21(31(30-14)17-6-4-5-15(12-17)23(26)27)24(32)29-16-9-10-18(20(25)13-16)19-7-2-3-8-22(19)35(28,33)34/h2-13H,1H3,(H3,26,27)(H,29,32)(H2,28,33,34). The van der Waals surface area contributed by atoms with Crippen LogP contribution in [0.5, 0.6) is 0 Å². The van der Waals surface area contributed by atoms with Gasteiger partial charge in [0.15, 0.2) is 0 Å². The van der Waals surface area contributed by atoms with E-state index in [0.29, 0.717) is 33.8 Å². The molecule has 1 heterocycles. The number of nitrogens with zero attached hydrogens (tertiary/aromatic N) is 2. The van der Waals surface area contributed by atoms with E-state index in [2.05, 4.69) is 10.4 Å². The van der Waals surface area contributed by atoms with Crippen LogP contribution in [-0.4, -0.2) is 29.9 Å². The Bertz CT molecular complexity index is 1580. The Morgan fingerprint density at radius 1 is 1.03 bits per heavy atom. The summed E-state index contributed by atoms with van der Waals surface area (Å²) in [6, 6.07) is 19.5. The number of benzene rings is 3. The molecule has 6 N–H and O–H groups in total. The highest BCUT2D eigenvalue weighted by atomic mass is 35.5. The summed E-state index contributed by atoms with van der Waals surface area (Å²) in [6.07, 6.45) is 0. The minimum Gasteiger partial charge on any atom is -0.384 e. The van der Waals surface area contributed by atoms with Crippen molar-refractivity contribution in [2.24, 2.45) is 10.9 Å². The Labute approximate surface area is 206 Å². The lowest BCUT2D eigenvalue weighted by Gasteiger charge is -2.12. The minimum absolute atomic E-state index is 0.0501. The van der Waals surface area contributed by atoms with Crippen LogP contribution >= 0.6 is 11.6 Å². The molecule has 0 unspecified atom stereocenters. The average Bonchev–Trinajstić information content (AvgIpc) is 3.20. The number of halogens is 1. The molecule has 0 aliphatic rings. The number of anilines is 1. The number of amidine groups is 1. The Hall–Kier alpha value is -3.99. The summed E-state index contributed by atoms with van der Waals surface area (Å²) >= 11 is 6.46. The first-order valence-corrected chi connectivity index (χ1v) is 12.2. The second-order valence-electron chi connectivity index (χ2n) is 7.74. The van der Waals surface area contributed by atoms with Gasteiger partial charge in [-0.15, -0.1) is 0 Å². The highest BCUT2D eigenvalue weighted by molar-refractivity contribution is 7.89. The van der Waals surface area contributed by atoms with E-state index in [-0.39, 0.29) is 21.4 Å². The SMILES string of the molecule is Cc1cc(C(=O)Nc2ccc(-c3ccccc3S(N)(=O)=O)c(Cl)c2)n(-c2cccc(C(=N)N)c2)n1. The molecule has 1 amide bonds. The number of sulfonamides is 1. The Kier molecular flexibility index (Phi) is 6.44. The van der Waals surface area contributed by atoms with Gasteiger partial charge in [-0.1, -0.05) is 48.0 Å². The molecule has 0 bridgehead atoms. The fourth-order valence-corrected chi connectivity index (χ4v) is 4.64. The molecular formula is C24H21ClN6O3S. The first kappa shape index (κ1) is 24.1. The normalized spacial score (nSPS) is 11.3. The van der Waals surface area contributed by atoms with Gasteiger partial charge in [0.05, 0.1) is 21.3 Å². The molecule has 0 radical (unpaired) electrons. The summed E-state index contributed by atoms with van der Waals surface area (Å²) in [7, 11) is -3.96. The second kappa shape index (κ2) is 9.34. The maximum absolute atomic E-state index is 13.1. The number of nitrogen functional groups attached to an aromatic ring is 1. The molecule has 0 spiro atoms. The number of aryl methyl sites for hydroxylation is 1. The second-order valence-corrected chi connectivity index (χ2v) is 9.67.